The highest BCUT2D eigenvalue weighted by Gasteiger charge is 2.20. The fraction of sp³-hybridized carbons (Fsp3) is 0.438. The highest BCUT2D eigenvalue weighted by Crippen LogP contribution is 2.24. The number of nitrogens with zero attached hydrogens (tertiary/aromatic N) is 2. The van der Waals surface area contributed by atoms with E-state index in [-0.39, 0.29) is 0 Å². The number of hydrogen-bond donors (Lipinski definition) is 1. The van der Waals surface area contributed by atoms with Gasteiger partial charge in [0.15, 0.2) is 0 Å². The molecule has 3 heteroatoms. The molecule has 100 valence electrons. The Labute approximate surface area is 114 Å². The Morgan fingerprint density at radius 1 is 1.32 bits per heavy atom. The summed E-state index contributed by atoms with van der Waals surface area (Å²) in [7, 11) is 0. The first-order valence-corrected chi connectivity index (χ1v) is 7.08. The van der Waals surface area contributed by atoms with Crippen molar-refractivity contribution in [3.63, 3.8) is 0 Å². The van der Waals surface area contributed by atoms with Gasteiger partial charge in [0, 0.05) is 37.3 Å². The maximum atomic E-state index is 4.81. The van der Waals surface area contributed by atoms with Crippen LogP contribution in [0.4, 0.5) is 0 Å². The van der Waals surface area contributed by atoms with Crippen molar-refractivity contribution in [3.8, 4) is 5.69 Å². The Balaban J connectivity index is 2.20. The normalized spacial score (nSPS) is 14.5. The molecular weight excluding hydrogens is 234 g/mol. The van der Waals surface area contributed by atoms with E-state index in [2.05, 4.69) is 48.9 Å². The average molecular weight is 255 g/mol. The summed E-state index contributed by atoms with van der Waals surface area (Å²) < 4.78 is 2.38. The van der Waals surface area contributed by atoms with Gasteiger partial charge in [-0.25, -0.2) is 4.98 Å². The topological polar surface area (TPSA) is 29.9 Å². The molecule has 2 aromatic rings. The molecule has 0 radical (unpaired) electrons. The van der Waals surface area contributed by atoms with Crippen LogP contribution in [0.5, 0.6) is 0 Å². The van der Waals surface area contributed by atoms with Gasteiger partial charge in [0.05, 0.1) is 5.69 Å². The molecule has 3 nitrogen and oxygen atoms in total. The van der Waals surface area contributed by atoms with Crippen molar-refractivity contribution in [1.29, 1.82) is 0 Å². The van der Waals surface area contributed by atoms with Gasteiger partial charge in [-0.05, 0) is 25.5 Å². The minimum atomic E-state index is 0.903. The summed E-state index contributed by atoms with van der Waals surface area (Å²) in [4.78, 5) is 4.81. The minimum Gasteiger partial charge on any atom is -0.311 e. The molecule has 1 aromatic carbocycles. The van der Waals surface area contributed by atoms with E-state index in [4.69, 9.17) is 4.98 Å². The second-order valence-electron chi connectivity index (χ2n) is 5.33. The molecule has 0 bridgehead atoms. The molecule has 0 atom stereocenters. The molecule has 0 saturated heterocycles. The van der Waals surface area contributed by atoms with Gasteiger partial charge in [-0.3, -0.25) is 0 Å². The Kier molecular flexibility index (Phi) is 3.15. The van der Waals surface area contributed by atoms with E-state index in [0.29, 0.717) is 0 Å². The Hall–Kier alpha value is -1.61. The second-order valence-corrected chi connectivity index (χ2v) is 5.33. The van der Waals surface area contributed by atoms with Crippen LogP contribution < -0.4 is 5.32 Å². The first kappa shape index (κ1) is 12.4. The largest absolute Gasteiger partial charge is 0.311 e. The Morgan fingerprint density at radius 3 is 2.89 bits per heavy atom. The van der Waals surface area contributed by atoms with Crippen LogP contribution in [-0.4, -0.2) is 16.1 Å². The number of hydrogen-bond acceptors (Lipinski definition) is 2. The third kappa shape index (κ3) is 2.08. The van der Waals surface area contributed by atoms with Gasteiger partial charge in [0.2, 0.25) is 0 Å². The van der Waals surface area contributed by atoms with E-state index in [1.807, 2.05) is 0 Å². The van der Waals surface area contributed by atoms with E-state index in [0.717, 1.165) is 25.9 Å². The van der Waals surface area contributed by atoms with Crippen LogP contribution in [-0.2, 0) is 19.4 Å². The van der Waals surface area contributed by atoms with E-state index in [1.54, 1.807) is 0 Å². The van der Waals surface area contributed by atoms with E-state index in [9.17, 15) is 0 Å². The summed E-state index contributed by atoms with van der Waals surface area (Å²) in [6.07, 6.45) is 2.04. The third-order valence-corrected chi connectivity index (χ3v) is 3.87. The molecule has 0 aliphatic carbocycles. The number of fused-ring (bicyclic) bond motifs is 1. The minimum absolute atomic E-state index is 0.903. The van der Waals surface area contributed by atoms with Crippen molar-refractivity contribution in [2.24, 2.45) is 0 Å². The number of nitrogens with one attached hydrogen (secondary N) is 1. The molecule has 19 heavy (non-hydrogen) atoms. The fourth-order valence-electron chi connectivity index (χ4n) is 2.94. The van der Waals surface area contributed by atoms with Crippen molar-refractivity contribution >= 4 is 0 Å². The summed E-state index contributed by atoms with van der Waals surface area (Å²) in [5, 5.41) is 3.40. The monoisotopic (exact) mass is 255 g/mol. The molecule has 1 aliphatic rings. The van der Waals surface area contributed by atoms with Crippen LogP contribution in [0, 0.1) is 13.8 Å². The summed E-state index contributed by atoms with van der Waals surface area (Å²) in [6.45, 7) is 8.47. The smallest absolute Gasteiger partial charge is 0.113 e. The van der Waals surface area contributed by atoms with Crippen LogP contribution in [0.2, 0.25) is 0 Å². The lowest BCUT2D eigenvalue weighted by molar-refractivity contribution is 0.619. The predicted molar refractivity (Wildman–Crippen MR) is 77.8 cm³/mol. The van der Waals surface area contributed by atoms with Crippen molar-refractivity contribution in [2.75, 3.05) is 6.54 Å². The number of rotatable bonds is 2. The van der Waals surface area contributed by atoms with Crippen LogP contribution in [0.15, 0.2) is 18.2 Å². The lowest BCUT2D eigenvalue weighted by Crippen LogP contribution is -2.24. The van der Waals surface area contributed by atoms with Gasteiger partial charge in [0.1, 0.15) is 5.82 Å². The number of imidazole rings is 1. The highest BCUT2D eigenvalue weighted by atomic mass is 15.1. The van der Waals surface area contributed by atoms with Crippen LogP contribution >= 0.6 is 0 Å². The molecule has 0 unspecified atom stereocenters. The summed E-state index contributed by atoms with van der Waals surface area (Å²) >= 11 is 0. The Bertz CT molecular complexity index is 611. The van der Waals surface area contributed by atoms with Crippen LogP contribution in [0.3, 0.4) is 0 Å². The van der Waals surface area contributed by atoms with Crippen LogP contribution in [0.25, 0.3) is 5.69 Å². The second kappa shape index (κ2) is 4.82. The lowest BCUT2D eigenvalue weighted by Gasteiger charge is -2.18. The molecule has 0 fully saturated rings. The summed E-state index contributed by atoms with van der Waals surface area (Å²) in [5.74, 6) is 1.18. The van der Waals surface area contributed by atoms with Crippen molar-refractivity contribution < 1.29 is 0 Å². The van der Waals surface area contributed by atoms with Crippen molar-refractivity contribution in [2.45, 2.75) is 40.2 Å². The lowest BCUT2D eigenvalue weighted by atomic mass is 10.1. The van der Waals surface area contributed by atoms with Gasteiger partial charge in [-0.1, -0.05) is 24.6 Å². The fourth-order valence-corrected chi connectivity index (χ4v) is 2.94. The van der Waals surface area contributed by atoms with Gasteiger partial charge in [-0.15, -0.1) is 0 Å². The average Bonchev–Trinajstić information content (AvgIpc) is 2.77. The quantitative estimate of drug-likeness (QED) is 0.894. The molecule has 2 heterocycles. The van der Waals surface area contributed by atoms with Gasteiger partial charge in [0.25, 0.3) is 0 Å². The molecule has 3 rings (SSSR count). The summed E-state index contributed by atoms with van der Waals surface area (Å²) in [6, 6.07) is 6.67. The zero-order valence-corrected chi connectivity index (χ0v) is 12.0. The first-order valence-electron chi connectivity index (χ1n) is 7.08. The molecule has 1 N–H and O–H groups in total. The maximum absolute atomic E-state index is 4.81. The predicted octanol–water partition coefficient (Wildman–Crippen LogP) is 2.70. The maximum Gasteiger partial charge on any atom is 0.113 e. The first-order chi connectivity index (χ1) is 9.20. The zero-order valence-electron chi connectivity index (χ0n) is 12.0. The SMILES string of the molecule is CCc1nc2c(n1-c1ccc(C)cc1C)CCNC2. The standard InChI is InChI=1S/C16H21N3/c1-4-16-18-13-10-17-8-7-15(13)19(16)14-6-5-11(2)9-12(14)3/h5-6,9,17H,4,7-8,10H2,1-3H3. The Morgan fingerprint density at radius 2 is 2.16 bits per heavy atom. The molecule has 1 aliphatic heterocycles. The van der Waals surface area contributed by atoms with Gasteiger partial charge < -0.3 is 9.88 Å². The number of aryl methyl sites for hydroxylation is 3. The molecular formula is C16H21N3. The zero-order chi connectivity index (χ0) is 13.4. The van der Waals surface area contributed by atoms with Gasteiger partial charge >= 0.3 is 0 Å². The van der Waals surface area contributed by atoms with Gasteiger partial charge in [-0.2, -0.15) is 0 Å². The number of aromatic nitrogens is 2. The van der Waals surface area contributed by atoms with Crippen LogP contribution in [0.1, 0.15) is 35.3 Å². The van der Waals surface area contributed by atoms with E-state index < -0.39 is 0 Å². The van der Waals surface area contributed by atoms with Crippen molar-refractivity contribution in [3.05, 3.63) is 46.5 Å². The molecule has 0 spiro atoms. The third-order valence-electron chi connectivity index (χ3n) is 3.87. The summed E-state index contributed by atoms with van der Waals surface area (Å²) in [5.41, 5.74) is 6.55. The highest BCUT2D eigenvalue weighted by molar-refractivity contribution is 5.46. The molecule has 0 saturated carbocycles. The number of benzene rings is 1. The van der Waals surface area contributed by atoms with E-state index >= 15 is 0 Å². The molecule has 1 aromatic heterocycles. The van der Waals surface area contributed by atoms with Crippen molar-refractivity contribution in [1.82, 2.24) is 14.9 Å². The molecule has 0 amide bonds. The van der Waals surface area contributed by atoms with E-state index in [1.165, 1.54) is 34.0 Å².